The van der Waals surface area contributed by atoms with Gasteiger partial charge in [0.25, 0.3) is 5.91 Å². The molecule has 0 aliphatic rings. The van der Waals surface area contributed by atoms with Crippen LogP contribution in [0.5, 0.6) is 0 Å². The molecule has 6 heteroatoms. The van der Waals surface area contributed by atoms with Crippen LogP contribution < -0.4 is 5.32 Å². The van der Waals surface area contributed by atoms with E-state index in [9.17, 15) is 9.18 Å². The van der Waals surface area contributed by atoms with Crippen molar-refractivity contribution in [3.05, 3.63) is 59.1 Å². The molecule has 1 aromatic heterocycles. The highest BCUT2D eigenvalue weighted by molar-refractivity contribution is 6.29. The second kappa shape index (κ2) is 6.06. The lowest BCUT2D eigenvalue weighted by Gasteiger charge is -1.99. The van der Waals surface area contributed by atoms with Crippen LogP contribution in [0.15, 0.2) is 42.6 Å². The van der Waals surface area contributed by atoms with Crippen molar-refractivity contribution < 1.29 is 9.18 Å². The van der Waals surface area contributed by atoms with Crippen LogP contribution in [-0.4, -0.2) is 15.9 Å². The standard InChI is InChI=1S/C13H9ClFN3O/c14-11-7-8-16-13(17-11)18-12(19)6-3-9-1-4-10(15)5-2-9/h1-8H,(H,16,17,18,19)/b6-3+. The Morgan fingerprint density at radius 3 is 2.68 bits per heavy atom. The van der Waals surface area contributed by atoms with Crippen molar-refractivity contribution in [3.63, 3.8) is 0 Å². The molecule has 0 radical (unpaired) electrons. The van der Waals surface area contributed by atoms with Crippen molar-refractivity contribution in [3.8, 4) is 0 Å². The first kappa shape index (κ1) is 13.2. The zero-order valence-electron chi connectivity index (χ0n) is 9.68. The lowest BCUT2D eigenvalue weighted by molar-refractivity contribution is -0.111. The smallest absolute Gasteiger partial charge is 0.250 e. The Balaban J connectivity index is 1.99. The molecule has 2 rings (SSSR count). The number of anilines is 1. The Kier molecular flexibility index (Phi) is 4.20. The minimum absolute atomic E-state index is 0.126. The highest BCUT2D eigenvalue weighted by Gasteiger charge is 2.01. The van der Waals surface area contributed by atoms with Gasteiger partial charge in [0.2, 0.25) is 5.95 Å². The largest absolute Gasteiger partial charge is 0.291 e. The topological polar surface area (TPSA) is 54.9 Å². The lowest BCUT2D eigenvalue weighted by Crippen LogP contribution is -2.10. The maximum absolute atomic E-state index is 12.7. The average Bonchev–Trinajstić information content (AvgIpc) is 2.38. The number of carbonyl (C=O) groups is 1. The predicted octanol–water partition coefficient (Wildman–Crippen LogP) is 2.92. The summed E-state index contributed by atoms with van der Waals surface area (Å²) in [5, 5.41) is 2.70. The van der Waals surface area contributed by atoms with Crippen molar-refractivity contribution in [1.29, 1.82) is 0 Å². The first-order valence-electron chi connectivity index (χ1n) is 5.37. The molecule has 0 saturated heterocycles. The fourth-order valence-electron chi connectivity index (χ4n) is 1.29. The molecular formula is C13H9ClFN3O. The highest BCUT2D eigenvalue weighted by atomic mass is 35.5. The second-order valence-electron chi connectivity index (χ2n) is 3.58. The first-order chi connectivity index (χ1) is 9.13. The van der Waals surface area contributed by atoms with Gasteiger partial charge in [0.1, 0.15) is 11.0 Å². The van der Waals surface area contributed by atoms with Crippen LogP contribution in [0.3, 0.4) is 0 Å². The van der Waals surface area contributed by atoms with Crippen LogP contribution in [0.4, 0.5) is 10.3 Å². The Morgan fingerprint density at radius 1 is 1.26 bits per heavy atom. The van der Waals surface area contributed by atoms with Gasteiger partial charge in [-0.1, -0.05) is 23.7 Å². The van der Waals surface area contributed by atoms with E-state index in [0.29, 0.717) is 5.56 Å². The number of aromatic nitrogens is 2. The van der Waals surface area contributed by atoms with E-state index in [1.807, 2.05) is 0 Å². The Hall–Kier alpha value is -2.27. The maximum atomic E-state index is 12.7. The molecule has 1 N–H and O–H groups in total. The number of nitrogens with zero attached hydrogens (tertiary/aromatic N) is 2. The van der Waals surface area contributed by atoms with Gasteiger partial charge in [0.05, 0.1) is 0 Å². The summed E-state index contributed by atoms with van der Waals surface area (Å²) in [7, 11) is 0. The second-order valence-corrected chi connectivity index (χ2v) is 3.96. The van der Waals surface area contributed by atoms with Crippen LogP contribution >= 0.6 is 11.6 Å². The maximum Gasteiger partial charge on any atom is 0.250 e. The quantitative estimate of drug-likeness (QED) is 0.693. The number of benzene rings is 1. The zero-order chi connectivity index (χ0) is 13.7. The molecule has 0 aliphatic carbocycles. The lowest BCUT2D eigenvalue weighted by atomic mass is 10.2. The van der Waals surface area contributed by atoms with E-state index in [-0.39, 0.29) is 16.9 Å². The van der Waals surface area contributed by atoms with Crippen LogP contribution in [0.2, 0.25) is 5.15 Å². The first-order valence-corrected chi connectivity index (χ1v) is 5.74. The van der Waals surface area contributed by atoms with Gasteiger partial charge in [-0.3, -0.25) is 10.1 Å². The highest BCUT2D eigenvalue weighted by Crippen LogP contribution is 2.07. The molecule has 1 amide bonds. The van der Waals surface area contributed by atoms with Gasteiger partial charge in [-0.05, 0) is 29.8 Å². The van der Waals surface area contributed by atoms with Gasteiger partial charge in [-0.15, -0.1) is 0 Å². The average molecular weight is 278 g/mol. The molecule has 0 saturated carbocycles. The van der Waals surface area contributed by atoms with Gasteiger partial charge >= 0.3 is 0 Å². The predicted molar refractivity (Wildman–Crippen MR) is 71.1 cm³/mol. The van der Waals surface area contributed by atoms with Gasteiger partial charge in [-0.25, -0.2) is 14.4 Å². The summed E-state index contributed by atoms with van der Waals surface area (Å²) in [6, 6.07) is 7.27. The number of hydrogen-bond acceptors (Lipinski definition) is 3. The molecule has 0 spiro atoms. The fourth-order valence-corrected chi connectivity index (χ4v) is 1.43. The zero-order valence-corrected chi connectivity index (χ0v) is 10.4. The molecule has 1 heterocycles. The fraction of sp³-hybridized carbons (Fsp3) is 0. The van der Waals surface area contributed by atoms with Crippen LogP contribution in [0.25, 0.3) is 6.08 Å². The van der Waals surface area contributed by atoms with E-state index in [2.05, 4.69) is 15.3 Å². The molecule has 0 atom stereocenters. The molecule has 0 unspecified atom stereocenters. The molecule has 96 valence electrons. The molecular weight excluding hydrogens is 269 g/mol. The minimum atomic E-state index is -0.397. The number of halogens is 2. The van der Waals surface area contributed by atoms with Crippen molar-refractivity contribution in [1.82, 2.24) is 9.97 Å². The van der Waals surface area contributed by atoms with Gasteiger partial charge < -0.3 is 0 Å². The summed E-state index contributed by atoms with van der Waals surface area (Å²) in [5.74, 6) is -0.596. The van der Waals surface area contributed by atoms with Gasteiger partial charge in [0, 0.05) is 12.3 Å². The van der Waals surface area contributed by atoms with Crippen molar-refractivity contribution in [2.24, 2.45) is 0 Å². The SMILES string of the molecule is O=C(/C=C/c1ccc(F)cc1)Nc1nccc(Cl)n1. The molecule has 0 fully saturated rings. The van der Waals surface area contributed by atoms with Crippen molar-refractivity contribution in [2.75, 3.05) is 5.32 Å². The van der Waals surface area contributed by atoms with E-state index < -0.39 is 5.91 Å². The third kappa shape index (κ3) is 4.15. The monoisotopic (exact) mass is 277 g/mol. The van der Waals surface area contributed by atoms with Crippen LogP contribution in [0.1, 0.15) is 5.56 Å². The number of nitrogens with one attached hydrogen (secondary N) is 1. The Bertz CT molecular complexity index is 614. The van der Waals surface area contributed by atoms with E-state index in [4.69, 9.17) is 11.6 Å². The molecule has 0 bridgehead atoms. The minimum Gasteiger partial charge on any atom is -0.291 e. The third-order valence-corrected chi connectivity index (χ3v) is 2.36. The normalized spacial score (nSPS) is 10.6. The van der Waals surface area contributed by atoms with Crippen molar-refractivity contribution >= 4 is 29.5 Å². The number of rotatable bonds is 3. The van der Waals surface area contributed by atoms with Crippen molar-refractivity contribution in [2.45, 2.75) is 0 Å². The Labute approximate surface area is 114 Å². The molecule has 2 aromatic rings. The summed E-state index contributed by atoms with van der Waals surface area (Å²) in [4.78, 5) is 19.2. The summed E-state index contributed by atoms with van der Waals surface area (Å²) < 4.78 is 12.7. The van der Waals surface area contributed by atoms with Gasteiger partial charge in [-0.2, -0.15) is 0 Å². The number of carbonyl (C=O) groups excluding carboxylic acids is 1. The molecule has 4 nitrogen and oxygen atoms in total. The summed E-state index contributed by atoms with van der Waals surface area (Å²) >= 11 is 5.66. The van der Waals surface area contributed by atoms with E-state index in [0.717, 1.165) is 0 Å². The van der Waals surface area contributed by atoms with Gasteiger partial charge in [0.15, 0.2) is 0 Å². The molecule has 0 aliphatic heterocycles. The number of hydrogen-bond donors (Lipinski definition) is 1. The summed E-state index contributed by atoms with van der Waals surface area (Å²) in [6.45, 7) is 0. The molecule has 19 heavy (non-hydrogen) atoms. The summed E-state index contributed by atoms with van der Waals surface area (Å²) in [6.07, 6.45) is 4.30. The van der Waals surface area contributed by atoms with Crippen LogP contribution in [-0.2, 0) is 4.79 Å². The van der Waals surface area contributed by atoms with E-state index in [1.54, 1.807) is 18.2 Å². The van der Waals surface area contributed by atoms with Crippen LogP contribution in [0, 0.1) is 5.82 Å². The Morgan fingerprint density at radius 2 is 2.00 bits per heavy atom. The summed E-state index contributed by atoms with van der Waals surface area (Å²) in [5.41, 5.74) is 0.712. The molecule has 1 aromatic carbocycles. The number of amides is 1. The third-order valence-electron chi connectivity index (χ3n) is 2.15. The van der Waals surface area contributed by atoms with E-state index in [1.165, 1.54) is 30.5 Å². The van der Waals surface area contributed by atoms with E-state index >= 15 is 0 Å².